The van der Waals surface area contributed by atoms with Gasteiger partial charge in [-0.1, -0.05) is 25.1 Å². The average molecular weight is 246 g/mol. The topological polar surface area (TPSA) is 25.2 Å². The van der Waals surface area contributed by atoms with Crippen molar-refractivity contribution < 1.29 is 0 Å². The molecule has 0 unspecified atom stereocenters. The zero-order valence-electron chi connectivity index (χ0n) is 10.1. The van der Waals surface area contributed by atoms with Crippen molar-refractivity contribution in [3.63, 3.8) is 0 Å². The molecule has 0 amide bonds. The van der Waals surface area contributed by atoms with Gasteiger partial charge in [0.1, 0.15) is 0 Å². The summed E-state index contributed by atoms with van der Waals surface area (Å²) in [5.74, 6) is 0. The van der Waals surface area contributed by atoms with Gasteiger partial charge in [0, 0.05) is 36.6 Å². The first-order valence-corrected chi connectivity index (χ1v) is 6.78. The molecule has 0 aromatic carbocycles. The molecule has 0 atom stereocenters. The molecule has 0 spiro atoms. The summed E-state index contributed by atoms with van der Waals surface area (Å²) in [7, 11) is 0. The number of hydrogen-bond acceptors (Lipinski definition) is 3. The molecule has 1 aromatic heterocycles. The molecule has 0 bridgehead atoms. The number of hydrogen-bond donors (Lipinski definition) is 0. The van der Waals surface area contributed by atoms with Crippen molar-refractivity contribution in [2.75, 3.05) is 6.54 Å². The van der Waals surface area contributed by atoms with E-state index in [1.807, 2.05) is 12.4 Å². The van der Waals surface area contributed by atoms with Crippen LogP contribution in [-0.4, -0.2) is 22.6 Å². The van der Waals surface area contributed by atoms with Gasteiger partial charge < -0.3 is 0 Å². The molecule has 1 aliphatic heterocycles. The van der Waals surface area contributed by atoms with Crippen LogP contribution in [0.25, 0.3) is 0 Å². The monoisotopic (exact) mass is 246 g/mol. The lowest BCUT2D eigenvalue weighted by atomic mass is 10.0. The zero-order valence-corrected chi connectivity index (χ0v) is 10.9. The third-order valence-corrected chi connectivity index (χ3v) is 3.24. The summed E-state index contributed by atoms with van der Waals surface area (Å²) in [6.07, 6.45) is 10.8. The Labute approximate surface area is 108 Å². The lowest BCUT2D eigenvalue weighted by molar-refractivity contribution is 0.644. The standard InChI is InChI=1S/C14H18N2S/c17-8-6-12-9-13(11-15-10-12)14-5-3-1-2-4-7-16-14/h8-11H,1-7H2/b16-14+. The highest BCUT2D eigenvalue weighted by atomic mass is 32.1. The Morgan fingerprint density at radius 1 is 1.18 bits per heavy atom. The van der Waals surface area contributed by atoms with Gasteiger partial charge >= 0.3 is 0 Å². The van der Waals surface area contributed by atoms with Gasteiger partial charge in [-0.15, -0.1) is 0 Å². The minimum Gasteiger partial charge on any atom is -0.289 e. The second-order valence-electron chi connectivity index (χ2n) is 4.45. The first-order valence-electron chi connectivity index (χ1n) is 6.31. The van der Waals surface area contributed by atoms with E-state index in [2.05, 4.69) is 11.1 Å². The highest BCUT2D eigenvalue weighted by Crippen LogP contribution is 2.14. The van der Waals surface area contributed by atoms with Crippen molar-refractivity contribution in [1.82, 2.24) is 4.98 Å². The van der Waals surface area contributed by atoms with E-state index in [1.165, 1.54) is 42.5 Å². The van der Waals surface area contributed by atoms with E-state index < -0.39 is 0 Å². The second kappa shape index (κ2) is 6.60. The second-order valence-corrected chi connectivity index (χ2v) is 4.78. The summed E-state index contributed by atoms with van der Waals surface area (Å²) in [6, 6.07) is 2.18. The van der Waals surface area contributed by atoms with Crippen LogP contribution in [0.5, 0.6) is 0 Å². The fourth-order valence-corrected chi connectivity index (χ4v) is 2.33. The van der Waals surface area contributed by atoms with Crippen LogP contribution < -0.4 is 0 Å². The molecular weight excluding hydrogens is 228 g/mol. The van der Waals surface area contributed by atoms with E-state index in [9.17, 15) is 0 Å². The van der Waals surface area contributed by atoms with Crippen LogP contribution >= 0.6 is 12.2 Å². The van der Waals surface area contributed by atoms with Crippen molar-refractivity contribution >= 4 is 23.3 Å². The Balaban J connectivity index is 2.18. The first kappa shape index (κ1) is 12.4. The van der Waals surface area contributed by atoms with Crippen LogP contribution in [0, 0.1) is 0 Å². The normalized spacial score (nSPS) is 19.9. The van der Waals surface area contributed by atoms with Gasteiger partial charge in [0.15, 0.2) is 0 Å². The van der Waals surface area contributed by atoms with E-state index >= 15 is 0 Å². The molecule has 17 heavy (non-hydrogen) atoms. The van der Waals surface area contributed by atoms with Crippen molar-refractivity contribution in [3.8, 4) is 0 Å². The van der Waals surface area contributed by atoms with Crippen LogP contribution in [0.3, 0.4) is 0 Å². The zero-order chi connectivity index (χ0) is 11.9. The lowest BCUT2D eigenvalue weighted by Crippen LogP contribution is -2.06. The fourth-order valence-electron chi connectivity index (χ4n) is 2.14. The maximum Gasteiger partial charge on any atom is 0.0436 e. The highest BCUT2D eigenvalue weighted by molar-refractivity contribution is 7.78. The van der Waals surface area contributed by atoms with E-state index in [0.29, 0.717) is 0 Å². The molecule has 2 nitrogen and oxygen atoms in total. The third-order valence-electron chi connectivity index (χ3n) is 3.07. The molecule has 0 fully saturated rings. The minimum atomic E-state index is 0.809. The number of thiocarbonyl (C=S) groups is 1. The molecule has 2 rings (SSSR count). The van der Waals surface area contributed by atoms with Gasteiger partial charge in [-0.3, -0.25) is 9.98 Å². The van der Waals surface area contributed by atoms with E-state index in [-0.39, 0.29) is 0 Å². The summed E-state index contributed by atoms with van der Waals surface area (Å²) in [5.41, 5.74) is 3.59. The highest BCUT2D eigenvalue weighted by Gasteiger charge is 2.07. The molecule has 0 radical (unpaired) electrons. The summed E-state index contributed by atoms with van der Waals surface area (Å²) in [5, 5.41) is 1.75. The molecule has 0 saturated carbocycles. The van der Waals surface area contributed by atoms with Gasteiger partial charge in [-0.25, -0.2) is 0 Å². The summed E-state index contributed by atoms with van der Waals surface area (Å²) in [6.45, 7) is 0.965. The Morgan fingerprint density at radius 3 is 2.94 bits per heavy atom. The summed E-state index contributed by atoms with van der Waals surface area (Å²) >= 11 is 4.89. The fraction of sp³-hybridized carbons (Fsp3) is 0.500. The number of aliphatic imine (C=N–C) groups is 1. The van der Waals surface area contributed by atoms with Gasteiger partial charge in [-0.05, 0) is 36.3 Å². The number of rotatable bonds is 3. The van der Waals surface area contributed by atoms with Crippen LogP contribution in [0.1, 0.15) is 43.2 Å². The molecular formula is C14H18N2S. The largest absolute Gasteiger partial charge is 0.289 e. The summed E-state index contributed by atoms with van der Waals surface area (Å²) in [4.78, 5) is 8.98. The van der Waals surface area contributed by atoms with Crippen LogP contribution in [-0.2, 0) is 6.42 Å². The Kier molecular flexibility index (Phi) is 4.80. The van der Waals surface area contributed by atoms with Gasteiger partial charge in [-0.2, -0.15) is 0 Å². The molecule has 0 saturated heterocycles. The molecule has 0 aliphatic carbocycles. The van der Waals surface area contributed by atoms with Crippen molar-refractivity contribution in [2.24, 2.45) is 4.99 Å². The molecule has 1 aliphatic rings. The Morgan fingerprint density at radius 2 is 2.06 bits per heavy atom. The van der Waals surface area contributed by atoms with Gasteiger partial charge in [0.2, 0.25) is 0 Å². The van der Waals surface area contributed by atoms with Crippen LogP contribution in [0.15, 0.2) is 23.5 Å². The van der Waals surface area contributed by atoms with E-state index in [4.69, 9.17) is 17.2 Å². The number of pyridine rings is 1. The lowest BCUT2D eigenvalue weighted by Gasteiger charge is -2.11. The predicted molar refractivity (Wildman–Crippen MR) is 76.1 cm³/mol. The molecule has 3 heteroatoms. The van der Waals surface area contributed by atoms with E-state index in [0.717, 1.165) is 19.4 Å². The third kappa shape index (κ3) is 3.70. The van der Waals surface area contributed by atoms with Crippen molar-refractivity contribution in [1.29, 1.82) is 0 Å². The molecule has 2 heterocycles. The van der Waals surface area contributed by atoms with Crippen LogP contribution in [0.4, 0.5) is 0 Å². The Hall–Kier alpha value is -1.09. The molecule has 90 valence electrons. The van der Waals surface area contributed by atoms with Crippen LogP contribution in [0.2, 0.25) is 0 Å². The Bertz CT molecular complexity index is 412. The summed E-state index contributed by atoms with van der Waals surface area (Å²) < 4.78 is 0. The first-order chi connectivity index (χ1) is 8.40. The molecule has 1 aromatic rings. The molecule has 0 N–H and O–H groups in total. The van der Waals surface area contributed by atoms with Gasteiger partial charge in [0.05, 0.1) is 0 Å². The van der Waals surface area contributed by atoms with Crippen molar-refractivity contribution in [2.45, 2.75) is 38.5 Å². The van der Waals surface area contributed by atoms with Crippen molar-refractivity contribution in [3.05, 3.63) is 29.6 Å². The quantitative estimate of drug-likeness (QED) is 0.764. The number of nitrogens with zero attached hydrogens (tertiary/aromatic N) is 2. The van der Waals surface area contributed by atoms with Gasteiger partial charge in [0.25, 0.3) is 0 Å². The maximum atomic E-state index is 4.89. The maximum absolute atomic E-state index is 4.89. The SMILES string of the molecule is S=CCc1cncc(/C2=N/CCCCCC2)c1. The predicted octanol–water partition coefficient (Wildman–Crippen LogP) is 3.38. The van der Waals surface area contributed by atoms with E-state index in [1.54, 1.807) is 5.37 Å². The number of aromatic nitrogens is 1. The average Bonchev–Trinajstić information content (AvgIpc) is 2.29. The smallest absolute Gasteiger partial charge is 0.0436 e. The minimum absolute atomic E-state index is 0.809.